The molecule has 5 heteroatoms. The molecule has 2 N–H and O–H groups in total. The number of H-pyrrole nitrogens is 1. The summed E-state index contributed by atoms with van der Waals surface area (Å²) >= 11 is 0. The minimum atomic E-state index is -1.21. The van der Waals surface area contributed by atoms with Crippen molar-refractivity contribution in [2.75, 3.05) is 0 Å². The Kier molecular flexibility index (Phi) is 3.54. The first-order valence-corrected chi connectivity index (χ1v) is 7.70. The van der Waals surface area contributed by atoms with Gasteiger partial charge in [0.2, 0.25) is 0 Å². The van der Waals surface area contributed by atoms with E-state index in [9.17, 15) is 14.3 Å². The number of hydrogen-bond acceptors (Lipinski definition) is 2. The zero-order valence-corrected chi connectivity index (χ0v) is 13.0. The first-order chi connectivity index (χ1) is 12.1. The normalized spacial score (nSPS) is 10.9. The summed E-state index contributed by atoms with van der Waals surface area (Å²) in [7, 11) is 0. The minimum absolute atomic E-state index is 0.154. The van der Waals surface area contributed by atoms with E-state index >= 15 is 0 Å². The quantitative estimate of drug-likeness (QED) is 0.570. The lowest BCUT2D eigenvalue weighted by Crippen LogP contribution is -1.98. The van der Waals surface area contributed by atoms with Gasteiger partial charge in [0.05, 0.1) is 11.1 Å². The van der Waals surface area contributed by atoms with Gasteiger partial charge in [0.15, 0.2) is 0 Å². The first-order valence-electron chi connectivity index (χ1n) is 7.70. The average Bonchev–Trinajstić information content (AvgIpc) is 3.05. The molecule has 1 aromatic heterocycles. The maximum atomic E-state index is 13.6. The third-order valence-electron chi connectivity index (χ3n) is 4.05. The summed E-state index contributed by atoms with van der Waals surface area (Å²) in [5.74, 6) is -1.32. The minimum Gasteiger partial charge on any atom is -0.478 e. The van der Waals surface area contributed by atoms with Crippen LogP contribution in [0.2, 0.25) is 0 Å². The molecule has 0 aliphatic rings. The van der Waals surface area contributed by atoms with Gasteiger partial charge >= 0.3 is 5.97 Å². The number of carbonyl (C=O) groups is 1. The molecule has 0 radical (unpaired) electrons. The van der Waals surface area contributed by atoms with Crippen molar-refractivity contribution in [3.8, 4) is 22.5 Å². The van der Waals surface area contributed by atoms with Crippen LogP contribution in [0.25, 0.3) is 33.5 Å². The van der Waals surface area contributed by atoms with Crippen molar-refractivity contribution in [1.82, 2.24) is 9.97 Å². The van der Waals surface area contributed by atoms with E-state index in [1.807, 2.05) is 54.6 Å². The van der Waals surface area contributed by atoms with Crippen LogP contribution in [-0.4, -0.2) is 21.0 Å². The number of aromatic amines is 1. The predicted octanol–water partition coefficient (Wildman–Crippen LogP) is 4.73. The number of nitrogens with one attached hydrogen (secondary N) is 1. The number of benzene rings is 3. The standard InChI is InChI=1S/C20H13FN2O2/c21-15-10-16(20(24)25)18-17(11-15)22-19(23-18)14-8-6-13(7-9-14)12-4-2-1-3-5-12/h1-11H,(H,22,23)(H,24,25). The fourth-order valence-corrected chi connectivity index (χ4v) is 2.83. The lowest BCUT2D eigenvalue weighted by atomic mass is 10.0. The predicted molar refractivity (Wildman–Crippen MR) is 93.9 cm³/mol. The second kappa shape index (κ2) is 5.87. The SMILES string of the molecule is O=C(O)c1cc(F)cc2[nH]c(-c3ccc(-c4ccccc4)cc3)nc12. The van der Waals surface area contributed by atoms with Crippen LogP contribution in [0.1, 0.15) is 10.4 Å². The monoisotopic (exact) mass is 332 g/mol. The van der Waals surface area contributed by atoms with Gasteiger partial charge in [0.25, 0.3) is 0 Å². The first kappa shape index (κ1) is 15.1. The summed E-state index contributed by atoms with van der Waals surface area (Å²) in [6.07, 6.45) is 0. The Labute approximate surface area is 142 Å². The highest BCUT2D eigenvalue weighted by molar-refractivity contribution is 6.01. The number of aromatic nitrogens is 2. The van der Waals surface area contributed by atoms with E-state index in [-0.39, 0.29) is 11.1 Å². The Bertz CT molecular complexity index is 1070. The Morgan fingerprint density at radius 1 is 0.920 bits per heavy atom. The average molecular weight is 332 g/mol. The molecular weight excluding hydrogens is 319 g/mol. The molecule has 0 amide bonds. The second-order valence-electron chi connectivity index (χ2n) is 5.68. The van der Waals surface area contributed by atoms with E-state index < -0.39 is 11.8 Å². The van der Waals surface area contributed by atoms with Gasteiger partial charge in [0, 0.05) is 5.56 Å². The number of hydrogen-bond donors (Lipinski definition) is 2. The molecule has 0 aliphatic carbocycles. The number of carboxylic acid groups (broad SMARTS) is 1. The molecule has 1 heterocycles. The van der Waals surface area contributed by atoms with Crippen molar-refractivity contribution < 1.29 is 14.3 Å². The van der Waals surface area contributed by atoms with Crippen molar-refractivity contribution in [3.63, 3.8) is 0 Å². The molecule has 0 saturated carbocycles. The van der Waals surface area contributed by atoms with Crippen molar-refractivity contribution >= 4 is 17.0 Å². The van der Waals surface area contributed by atoms with Gasteiger partial charge in [-0.15, -0.1) is 0 Å². The number of imidazole rings is 1. The zero-order chi connectivity index (χ0) is 17.4. The number of carboxylic acids is 1. The molecule has 25 heavy (non-hydrogen) atoms. The van der Waals surface area contributed by atoms with E-state index in [4.69, 9.17) is 0 Å². The molecular formula is C20H13FN2O2. The number of aromatic carboxylic acids is 1. The van der Waals surface area contributed by atoms with Crippen molar-refractivity contribution in [2.45, 2.75) is 0 Å². The third-order valence-corrected chi connectivity index (χ3v) is 4.05. The Balaban J connectivity index is 1.77. The van der Waals surface area contributed by atoms with Crippen LogP contribution < -0.4 is 0 Å². The fourth-order valence-electron chi connectivity index (χ4n) is 2.83. The van der Waals surface area contributed by atoms with Crippen molar-refractivity contribution in [1.29, 1.82) is 0 Å². The lowest BCUT2D eigenvalue weighted by molar-refractivity contribution is 0.0698. The van der Waals surface area contributed by atoms with Crippen LogP contribution in [0.15, 0.2) is 66.7 Å². The van der Waals surface area contributed by atoms with Crippen LogP contribution in [-0.2, 0) is 0 Å². The topological polar surface area (TPSA) is 66.0 Å². The summed E-state index contributed by atoms with van der Waals surface area (Å²) < 4.78 is 13.6. The molecule has 0 aliphatic heterocycles. The lowest BCUT2D eigenvalue weighted by Gasteiger charge is -2.02. The number of nitrogens with zero attached hydrogens (tertiary/aromatic N) is 1. The van der Waals surface area contributed by atoms with Gasteiger partial charge in [-0.05, 0) is 23.3 Å². The molecule has 0 spiro atoms. The Morgan fingerprint density at radius 3 is 2.24 bits per heavy atom. The number of halogens is 1. The Morgan fingerprint density at radius 2 is 1.56 bits per heavy atom. The summed E-state index contributed by atoms with van der Waals surface area (Å²) in [6.45, 7) is 0. The third kappa shape index (κ3) is 2.76. The number of rotatable bonds is 3. The van der Waals surface area contributed by atoms with Crippen molar-refractivity contribution in [2.24, 2.45) is 0 Å². The van der Waals surface area contributed by atoms with Crippen LogP contribution in [0.3, 0.4) is 0 Å². The van der Waals surface area contributed by atoms with Gasteiger partial charge < -0.3 is 10.1 Å². The molecule has 0 unspecified atom stereocenters. The molecule has 4 rings (SSSR count). The van der Waals surface area contributed by atoms with E-state index in [0.717, 1.165) is 22.8 Å². The van der Waals surface area contributed by atoms with Gasteiger partial charge in [-0.1, -0.05) is 54.6 Å². The maximum absolute atomic E-state index is 13.6. The van der Waals surface area contributed by atoms with E-state index in [1.165, 1.54) is 6.07 Å². The second-order valence-corrected chi connectivity index (χ2v) is 5.68. The Hall–Kier alpha value is -3.47. The van der Waals surface area contributed by atoms with E-state index in [0.29, 0.717) is 11.3 Å². The highest BCUT2D eigenvalue weighted by Crippen LogP contribution is 2.26. The zero-order valence-electron chi connectivity index (χ0n) is 13.0. The van der Waals surface area contributed by atoms with E-state index in [1.54, 1.807) is 0 Å². The van der Waals surface area contributed by atoms with E-state index in [2.05, 4.69) is 9.97 Å². The highest BCUT2D eigenvalue weighted by atomic mass is 19.1. The highest BCUT2D eigenvalue weighted by Gasteiger charge is 2.15. The smallest absolute Gasteiger partial charge is 0.338 e. The summed E-state index contributed by atoms with van der Waals surface area (Å²) in [4.78, 5) is 18.6. The van der Waals surface area contributed by atoms with Gasteiger partial charge in [-0.3, -0.25) is 0 Å². The van der Waals surface area contributed by atoms with Crippen LogP contribution in [0, 0.1) is 5.82 Å². The van der Waals surface area contributed by atoms with Gasteiger partial charge in [-0.2, -0.15) is 0 Å². The largest absolute Gasteiger partial charge is 0.478 e. The molecule has 0 atom stereocenters. The molecule has 4 nitrogen and oxygen atoms in total. The summed E-state index contributed by atoms with van der Waals surface area (Å²) in [5.41, 5.74) is 3.42. The molecule has 4 aromatic rings. The maximum Gasteiger partial charge on any atom is 0.338 e. The molecule has 3 aromatic carbocycles. The van der Waals surface area contributed by atoms with Crippen LogP contribution in [0.5, 0.6) is 0 Å². The fraction of sp³-hybridized carbons (Fsp3) is 0. The molecule has 0 bridgehead atoms. The molecule has 0 fully saturated rings. The molecule has 122 valence electrons. The van der Waals surface area contributed by atoms with Crippen LogP contribution in [0.4, 0.5) is 4.39 Å². The molecule has 0 saturated heterocycles. The summed E-state index contributed by atoms with van der Waals surface area (Å²) in [5, 5.41) is 9.23. The van der Waals surface area contributed by atoms with Gasteiger partial charge in [-0.25, -0.2) is 14.2 Å². The van der Waals surface area contributed by atoms with Crippen molar-refractivity contribution in [3.05, 3.63) is 78.1 Å². The van der Waals surface area contributed by atoms with Gasteiger partial charge in [0.1, 0.15) is 17.2 Å². The summed E-state index contributed by atoms with van der Waals surface area (Å²) in [6, 6.07) is 19.9. The number of fused-ring (bicyclic) bond motifs is 1. The van der Waals surface area contributed by atoms with Crippen LogP contribution >= 0.6 is 0 Å².